The van der Waals surface area contributed by atoms with Gasteiger partial charge in [-0.15, -0.1) is 0 Å². The smallest absolute Gasteiger partial charge is 0.244 e. The van der Waals surface area contributed by atoms with Gasteiger partial charge in [0.05, 0.1) is 6.04 Å². The van der Waals surface area contributed by atoms with Crippen molar-refractivity contribution in [3.8, 4) is 11.4 Å². The van der Waals surface area contributed by atoms with Gasteiger partial charge in [-0.3, -0.25) is 9.88 Å². The van der Waals surface area contributed by atoms with Crippen LogP contribution in [0.5, 0.6) is 0 Å². The Bertz CT molecular complexity index is 757. The van der Waals surface area contributed by atoms with Crippen molar-refractivity contribution in [1.29, 1.82) is 0 Å². The average Bonchev–Trinajstić information content (AvgIpc) is 3.25. The summed E-state index contributed by atoms with van der Waals surface area (Å²) >= 11 is 0. The van der Waals surface area contributed by atoms with Gasteiger partial charge < -0.3 is 4.52 Å². The van der Waals surface area contributed by atoms with Crippen LogP contribution < -0.4 is 0 Å². The number of rotatable bonds is 4. The molecule has 0 spiro atoms. The lowest BCUT2D eigenvalue weighted by Crippen LogP contribution is -2.22. The van der Waals surface area contributed by atoms with Gasteiger partial charge in [0.15, 0.2) is 0 Å². The molecule has 1 saturated heterocycles. The van der Waals surface area contributed by atoms with E-state index in [1.807, 2.05) is 18.2 Å². The van der Waals surface area contributed by atoms with Crippen LogP contribution in [0.15, 0.2) is 59.4 Å². The first-order chi connectivity index (χ1) is 11.4. The number of likely N-dealkylation sites (tertiary alicyclic amines) is 1. The van der Waals surface area contributed by atoms with Gasteiger partial charge in [0.25, 0.3) is 0 Å². The molecule has 1 fully saturated rings. The average molecular weight is 306 g/mol. The Morgan fingerprint density at radius 2 is 1.91 bits per heavy atom. The summed E-state index contributed by atoms with van der Waals surface area (Å²) in [6.07, 6.45) is 5.70. The topological polar surface area (TPSA) is 55.1 Å². The van der Waals surface area contributed by atoms with Crippen LogP contribution in [0.1, 0.15) is 30.3 Å². The Labute approximate surface area is 135 Å². The summed E-state index contributed by atoms with van der Waals surface area (Å²) in [5.74, 6) is 1.35. The maximum atomic E-state index is 5.55. The van der Waals surface area contributed by atoms with E-state index in [9.17, 15) is 0 Å². The van der Waals surface area contributed by atoms with Crippen LogP contribution in [-0.4, -0.2) is 26.6 Å². The third-order valence-electron chi connectivity index (χ3n) is 4.26. The molecule has 0 amide bonds. The third kappa shape index (κ3) is 3.00. The van der Waals surface area contributed by atoms with E-state index in [1.165, 1.54) is 5.56 Å². The maximum absolute atomic E-state index is 5.55. The molecule has 0 saturated carbocycles. The highest BCUT2D eigenvalue weighted by Gasteiger charge is 2.30. The van der Waals surface area contributed by atoms with Crippen molar-refractivity contribution >= 4 is 0 Å². The molecule has 0 bridgehead atoms. The second-order valence-corrected chi connectivity index (χ2v) is 5.81. The molecule has 1 atom stereocenters. The van der Waals surface area contributed by atoms with Crippen LogP contribution in [0, 0.1) is 0 Å². The van der Waals surface area contributed by atoms with Gasteiger partial charge in [0, 0.05) is 24.5 Å². The Balaban J connectivity index is 1.54. The highest BCUT2D eigenvalue weighted by molar-refractivity contribution is 5.52. The summed E-state index contributed by atoms with van der Waals surface area (Å²) < 4.78 is 5.55. The fourth-order valence-corrected chi connectivity index (χ4v) is 3.10. The van der Waals surface area contributed by atoms with Gasteiger partial charge in [0.1, 0.15) is 0 Å². The Kier molecular flexibility index (Phi) is 3.86. The number of pyridine rings is 1. The van der Waals surface area contributed by atoms with Gasteiger partial charge in [-0.1, -0.05) is 35.5 Å². The Morgan fingerprint density at radius 3 is 2.74 bits per heavy atom. The molecule has 0 aliphatic carbocycles. The Hall–Kier alpha value is -2.53. The first-order valence-corrected chi connectivity index (χ1v) is 7.92. The molecule has 5 heteroatoms. The molecular weight excluding hydrogens is 288 g/mol. The van der Waals surface area contributed by atoms with Crippen molar-refractivity contribution in [2.75, 3.05) is 6.54 Å². The lowest BCUT2D eigenvalue weighted by molar-refractivity contribution is 0.201. The molecule has 1 aliphatic rings. The lowest BCUT2D eigenvalue weighted by atomic mass is 10.2. The first-order valence-electron chi connectivity index (χ1n) is 7.92. The van der Waals surface area contributed by atoms with Crippen molar-refractivity contribution in [2.45, 2.75) is 25.4 Å². The summed E-state index contributed by atoms with van der Waals surface area (Å²) in [6.45, 7) is 1.98. The highest BCUT2D eigenvalue weighted by Crippen LogP contribution is 2.33. The third-order valence-corrected chi connectivity index (χ3v) is 4.26. The van der Waals surface area contributed by atoms with Crippen LogP contribution in [0.25, 0.3) is 11.4 Å². The van der Waals surface area contributed by atoms with Crippen LogP contribution in [0.2, 0.25) is 0 Å². The minimum absolute atomic E-state index is 0.207. The van der Waals surface area contributed by atoms with Gasteiger partial charge in [-0.25, -0.2) is 0 Å². The van der Waals surface area contributed by atoms with Crippen LogP contribution >= 0.6 is 0 Å². The molecule has 0 radical (unpaired) electrons. The fraction of sp³-hybridized carbons (Fsp3) is 0.278. The SMILES string of the molecule is c1ccc(CN2CCCC2c2nc(-c3ccncc3)no2)cc1. The van der Waals surface area contributed by atoms with Crippen molar-refractivity contribution in [2.24, 2.45) is 0 Å². The molecule has 2 aromatic heterocycles. The van der Waals surface area contributed by atoms with Crippen LogP contribution in [0.3, 0.4) is 0 Å². The van der Waals surface area contributed by atoms with Gasteiger partial charge >= 0.3 is 0 Å². The predicted octanol–water partition coefficient (Wildman–Crippen LogP) is 3.47. The van der Waals surface area contributed by atoms with Gasteiger partial charge in [-0.05, 0) is 37.1 Å². The molecule has 3 heterocycles. The molecule has 1 aromatic carbocycles. The standard InChI is InChI=1S/C18H18N4O/c1-2-5-14(6-3-1)13-22-12-4-7-16(22)18-20-17(21-23-18)15-8-10-19-11-9-15/h1-3,5-6,8-11,16H,4,7,12-13H2. The minimum Gasteiger partial charge on any atom is -0.337 e. The number of hydrogen-bond acceptors (Lipinski definition) is 5. The number of hydrogen-bond donors (Lipinski definition) is 0. The summed E-state index contributed by atoms with van der Waals surface area (Å²) in [4.78, 5) is 11.0. The predicted molar refractivity (Wildman–Crippen MR) is 86.4 cm³/mol. The van der Waals surface area contributed by atoms with E-state index in [-0.39, 0.29) is 6.04 Å². The van der Waals surface area contributed by atoms with Crippen molar-refractivity contribution < 1.29 is 4.52 Å². The number of aromatic nitrogens is 3. The van der Waals surface area contributed by atoms with E-state index in [1.54, 1.807) is 12.4 Å². The van der Waals surface area contributed by atoms with Crippen molar-refractivity contribution in [1.82, 2.24) is 20.0 Å². The molecule has 116 valence electrons. The van der Waals surface area contributed by atoms with Crippen LogP contribution in [-0.2, 0) is 6.54 Å². The van der Waals surface area contributed by atoms with Gasteiger partial charge in [-0.2, -0.15) is 4.98 Å². The summed E-state index contributed by atoms with van der Waals surface area (Å²) in [5, 5.41) is 4.13. The van der Waals surface area contributed by atoms with Gasteiger partial charge in [0.2, 0.25) is 11.7 Å². The number of nitrogens with zero attached hydrogens (tertiary/aromatic N) is 4. The summed E-state index contributed by atoms with van der Waals surface area (Å²) in [6, 6.07) is 14.5. The second-order valence-electron chi connectivity index (χ2n) is 5.81. The first kappa shape index (κ1) is 14.1. The monoisotopic (exact) mass is 306 g/mol. The molecular formula is C18H18N4O. The largest absolute Gasteiger partial charge is 0.337 e. The zero-order chi connectivity index (χ0) is 15.5. The van der Waals surface area contributed by atoms with E-state index < -0.39 is 0 Å². The normalized spacial score (nSPS) is 18.3. The summed E-state index contributed by atoms with van der Waals surface area (Å²) in [5.41, 5.74) is 2.25. The molecule has 23 heavy (non-hydrogen) atoms. The van der Waals surface area contributed by atoms with E-state index in [0.29, 0.717) is 11.7 Å². The number of benzene rings is 1. The molecule has 5 nitrogen and oxygen atoms in total. The van der Waals surface area contributed by atoms with Crippen molar-refractivity contribution in [3.05, 3.63) is 66.3 Å². The fourth-order valence-electron chi connectivity index (χ4n) is 3.10. The Morgan fingerprint density at radius 1 is 1.09 bits per heavy atom. The molecule has 0 N–H and O–H groups in total. The van der Waals surface area contributed by atoms with Crippen molar-refractivity contribution in [3.63, 3.8) is 0 Å². The maximum Gasteiger partial charge on any atom is 0.244 e. The van der Waals surface area contributed by atoms with Crippen LogP contribution in [0.4, 0.5) is 0 Å². The van der Waals surface area contributed by atoms with E-state index >= 15 is 0 Å². The zero-order valence-corrected chi connectivity index (χ0v) is 12.8. The summed E-state index contributed by atoms with van der Waals surface area (Å²) in [7, 11) is 0. The second kappa shape index (κ2) is 6.30. The van der Waals surface area contributed by atoms with E-state index in [0.717, 1.165) is 31.5 Å². The minimum atomic E-state index is 0.207. The van der Waals surface area contributed by atoms with E-state index in [4.69, 9.17) is 4.52 Å². The highest BCUT2D eigenvalue weighted by atomic mass is 16.5. The van der Waals surface area contributed by atoms with E-state index in [2.05, 4.69) is 44.3 Å². The lowest BCUT2D eigenvalue weighted by Gasteiger charge is -2.21. The molecule has 1 aliphatic heterocycles. The molecule has 1 unspecified atom stereocenters. The molecule has 3 aromatic rings. The zero-order valence-electron chi connectivity index (χ0n) is 12.8. The molecule has 4 rings (SSSR count). The quantitative estimate of drug-likeness (QED) is 0.738.